The monoisotopic (exact) mass is 229 g/mol. The Morgan fingerprint density at radius 2 is 1.82 bits per heavy atom. The van der Waals surface area contributed by atoms with Gasteiger partial charge < -0.3 is 5.73 Å². The molecule has 0 spiro atoms. The first-order chi connectivity index (χ1) is 8.16. The third-order valence-corrected chi connectivity index (χ3v) is 2.91. The van der Waals surface area contributed by atoms with E-state index in [0.29, 0.717) is 5.56 Å². The third-order valence-electron chi connectivity index (χ3n) is 2.91. The molecule has 0 bridgehead atoms. The molecule has 0 aliphatic heterocycles. The summed E-state index contributed by atoms with van der Waals surface area (Å²) in [6.07, 6.45) is 0.727. The molecule has 1 nitrogen and oxygen atoms in total. The van der Waals surface area contributed by atoms with Gasteiger partial charge in [-0.25, -0.2) is 4.39 Å². The van der Waals surface area contributed by atoms with Crippen LogP contribution in [0.2, 0.25) is 0 Å². The van der Waals surface area contributed by atoms with Crippen LogP contribution in [0.15, 0.2) is 48.5 Å². The standard InChI is InChI=1S/C15H16FN/c1-11-9-12(7-8-14(11)16)10-15(17)13-5-3-2-4-6-13/h2-9,15H,10,17H2,1H3. The number of hydrogen-bond donors (Lipinski definition) is 1. The van der Waals surface area contributed by atoms with E-state index in [1.54, 1.807) is 13.0 Å². The van der Waals surface area contributed by atoms with Crippen LogP contribution in [0.5, 0.6) is 0 Å². The first kappa shape index (κ1) is 11.8. The van der Waals surface area contributed by atoms with Crippen LogP contribution in [0.4, 0.5) is 4.39 Å². The lowest BCUT2D eigenvalue weighted by atomic mass is 9.99. The summed E-state index contributed by atoms with van der Waals surface area (Å²) in [5.74, 6) is -0.165. The molecule has 0 amide bonds. The molecule has 2 N–H and O–H groups in total. The van der Waals surface area contributed by atoms with Crippen molar-refractivity contribution in [2.24, 2.45) is 5.73 Å². The molecular weight excluding hydrogens is 213 g/mol. The highest BCUT2D eigenvalue weighted by molar-refractivity contribution is 5.27. The maximum absolute atomic E-state index is 13.1. The van der Waals surface area contributed by atoms with Crippen molar-refractivity contribution in [2.75, 3.05) is 0 Å². The summed E-state index contributed by atoms with van der Waals surface area (Å²) in [7, 11) is 0. The van der Waals surface area contributed by atoms with Crippen LogP contribution < -0.4 is 5.73 Å². The van der Waals surface area contributed by atoms with Crippen molar-refractivity contribution < 1.29 is 4.39 Å². The average molecular weight is 229 g/mol. The average Bonchev–Trinajstić information content (AvgIpc) is 2.35. The molecule has 0 saturated heterocycles. The van der Waals surface area contributed by atoms with Crippen molar-refractivity contribution in [2.45, 2.75) is 19.4 Å². The highest BCUT2D eigenvalue weighted by Gasteiger charge is 2.07. The molecule has 17 heavy (non-hydrogen) atoms. The molecule has 0 aliphatic carbocycles. The SMILES string of the molecule is Cc1cc(CC(N)c2ccccc2)ccc1F. The second kappa shape index (κ2) is 5.11. The lowest BCUT2D eigenvalue weighted by Crippen LogP contribution is -2.13. The first-order valence-electron chi connectivity index (χ1n) is 5.72. The van der Waals surface area contributed by atoms with Crippen LogP contribution in [-0.2, 0) is 6.42 Å². The second-order valence-corrected chi connectivity index (χ2v) is 4.30. The summed E-state index contributed by atoms with van der Waals surface area (Å²) in [5.41, 5.74) is 8.97. The van der Waals surface area contributed by atoms with Crippen LogP contribution in [-0.4, -0.2) is 0 Å². The zero-order valence-corrected chi connectivity index (χ0v) is 9.86. The Kier molecular flexibility index (Phi) is 3.55. The fourth-order valence-corrected chi connectivity index (χ4v) is 1.91. The van der Waals surface area contributed by atoms with Gasteiger partial charge in [0.15, 0.2) is 0 Å². The summed E-state index contributed by atoms with van der Waals surface area (Å²) < 4.78 is 13.1. The molecule has 2 heteroatoms. The zero-order valence-electron chi connectivity index (χ0n) is 9.86. The van der Waals surface area contributed by atoms with Crippen molar-refractivity contribution in [1.82, 2.24) is 0 Å². The fraction of sp³-hybridized carbons (Fsp3) is 0.200. The quantitative estimate of drug-likeness (QED) is 0.858. The predicted octanol–water partition coefficient (Wildman–Crippen LogP) is 3.38. The molecule has 2 rings (SSSR count). The van der Waals surface area contributed by atoms with Gasteiger partial charge in [0, 0.05) is 6.04 Å². The molecule has 2 aromatic carbocycles. The van der Waals surface area contributed by atoms with Gasteiger partial charge in [-0.3, -0.25) is 0 Å². The fourth-order valence-electron chi connectivity index (χ4n) is 1.91. The number of aryl methyl sites for hydroxylation is 1. The van der Waals surface area contributed by atoms with E-state index in [1.807, 2.05) is 36.4 Å². The van der Waals surface area contributed by atoms with E-state index in [1.165, 1.54) is 6.07 Å². The van der Waals surface area contributed by atoms with Gasteiger partial charge in [0.25, 0.3) is 0 Å². The minimum absolute atomic E-state index is 0.0407. The molecule has 0 fully saturated rings. The minimum Gasteiger partial charge on any atom is -0.324 e. The van der Waals surface area contributed by atoms with Gasteiger partial charge in [-0.05, 0) is 36.1 Å². The van der Waals surface area contributed by atoms with E-state index in [0.717, 1.165) is 17.5 Å². The number of rotatable bonds is 3. The predicted molar refractivity (Wildman–Crippen MR) is 68.2 cm³/mol. The van der Waals surface area contributed by atoms with Crippen LogP contribution >= 0.6 is 0 Å². The van der Waals surface area contributed by atoms with Crippen LogP contribution in [0.3, 0.4) is 0 Å². The molecule has 88 valence electrons. The van der Waals surface area contributed by atoms with E-state index >= 15 is 0 Å². The number of halogens is 1. The van der Waals surface area contributed by atoms with E-state index < -0.39 is 0 Å². The molecular formula is C15H16FN. The Balaban J connectivity index is 2.13. The van der Waals surface area contributed by atoms with Crippen molar-refractivity contribution >= 4 is 0 Å². The Labute approximate surface area is 101 Å². The Morgan fingerprint density at radius 3 is 2.47 bits per heavy atom. The summed E-state index contributed by atoms with van der Waals surface area (Å²) in [6.45, 7) is 1.77. The summed E-state index contributed by atoms with van der Waals surface area (Å²) in [5, 5.41) is 0. The molecule has 0 saturated carbocycles. The van der Waals surface area contributed by atoms with Gasteiger partial charge in [-0.15, -0.1) is 0 Å². The van der Waals surface area contributed by atoms with E-state index in [2.05, 4.69) is 0 Å². The second-order valence-electron chi connectivity index (χ2n) is 4.30. The number of hydrogen-bond acceptors (Lipinski definition) is 1. The van der Waals surface area contributed by atoms with Gasteiger partial charge >= 0.3 is 0 Å². The lowest BCUT2D eigenvalue weighted by Gasteiger charge is -2.12. The summed E-state index contributed by atoms with van der Waals surface area (Å²) in [4.78, 5) is 0. The van der Waals surface area contributed by atoms with Crippen molar-refractivity contribution in [1.29, 1.82) is 0 Å². The third kappa shape index (κ3) is 2.92. The molecule has 0 radical (unpaired) electrons. The molecule has 1 unspecified atom stereocenters. The molecule has 2 aromatic rings. The zero-order chi connectivity index (χ0) is 12.3. The maximum atomic E-state index is 13.1. The number of nitrogens with two attached hydrogens (primary N) is 1. The lowest BCUT2D eigenvalue weighted by molar-refractivity contribution is 0.616. The highest BCUT2D eigenvalue weighted by Crippen LogP contribution is 2.17. The topological polar surface area (TPSA) is 26.0 Å². The van der Waals surface area contributed by atoms with Crippen molar-refractivity contribution in [3.63, 3.8) is 0 Å². The summed E-state index contributed by atoms with van der Waals surface area (Å²) in [6, 6.07) is 15.1. The molecule has 0 aromatic heterocycles. The van der Waals surface area contributed by atoms with Crippen LogP contribution in [0.1, 0.15) is 22.7 Å². The van der Waals surface area contributed by atoms with Crippen LogP contribution in [0, 0.1) is 12.7 Å². The Bertz CT molecular complexity index is 494. The largest absolute Gasteiger partial charge is 0.324 e. The van der Waals surface area contributed by atoms with E-state index in [-0.39, 0.29) is 11.9 Å². The van der Waals surface area contributed by atoms with E-state index in [9.17, 15) is 4.39 Å². The first-order valence-corrected chi connectivity index (χ1v) is 5.72. The Hall–Kier alpha value is -1.67. The molecule has 1 atom stereocenters. The summed E-state index contributed by atoms with van der Waals surface area (Å²) >= 11 is 0. The highest BCUT2D eigenvalue weighted by atomic mass is 19.1. The van der Waals surface area contributed by atoms with Gasteiger partial charge in [0.2, 0.25) is 0 Å². The van der Waals surface area contributed by atoms with Gasteiger partial charge in [-0.2, -0.15) is 0 Å². The Morgan fingerprint density at radius 1 is 1.12 bits per heavy atom. The van der Waals surface area contributed by atoms with Crippen LogP contribution in [0.25, 0.3) is 0 Å². The van der Waals surface area contributed by atoms with Crippen molar-refractivity contribution in [3.05, 3.63) is 71.0 Å². The van der Waals surface area contributed by atoms with Gasteiger partial charge in [-0.1, -0.05) is 42.5 Å². The van der Waals surface area contributed by atoms with Gasteiger partial charge in [0.05, 0.1) is 0 Å². The maximum Gasteiger partial charge on any atom is 0.126 e. The van der Waals surface area contributed by atoms with E-state index in [4.69, 9.17) is 5.73 Å². The van der Waals surface area contributed by atoms with Crippen molar-refractivity contribution in [3.8, 4) is 0 Å². The molecule has 0 aliphatic rings. The van der Waals surface area contributed by atoms with Gasteiger partial charge in [0.1, 0.15) is 5.82 Å². The smallest absolute Gasteiger partial charge is 0.126 e. The minimum atomic E-state index is -0.165. The molecule has 0 heterocycles. The normalized spacial score (nSPS) is 12.4. The number of benzene rings is 2.